The highest BCUT2D eigenvalue weighted by Crippen LogP contribution is 2.20. The molecular weight excluding hydrogens is 248 g/mol. The van der Waals surface area contributed by atoms with E-state index in [1.54, 1.807) is 6.20 Å². The quantitative estimate of drug-likeness (QED) is 0.865. The fraction of sp³-hybridized carbons (Fsp3) is 0.412. The van der Waals surface area contributed by atoms with Crippen molar-refractivity contribution < 1.29 is 4.79 Å². The van der Waals surface area contributed by atoms with Crippen LogP contribution in [0.4, 0.5) is 0 Å². The molecular formula is C17H20N2O. The van der Waals surface area contributed by atoms with E-state index in [9.17, 15) is 4.79 Å². The van der Waals surface area contributed by atoms with E-state index >= 15 is 0 Å². The Balaban J connectivity index is 1.72. The van der Waals surface area contributed by atoms with Crippen LogP contribution in [0.1, 0.15) is 42.5 Å². The van der Waals surface area contributed by atoms with Crippen molar-refractivity contribution in [3.63, 3.8) is 0 Å². The van der Waals surface area contributed by atoms with Crippen molar-refractivity contribution >= 4 is 16.6 Å². The first-order chi connectivity index (χ1) is 9.84. The molecule has 0 radical (unpaired) electrons. The van der Waals surface area contributed by atoms with Gasteiger partial charge in [0.25, 0.3) is 0 Å². The van der Waals surface area contributed by atoms with Gasteiger partial charge in [-0.3, -0.25) is 9.78 Å². The van der Waals surface area contributed by atoms with Crippen molar-refractivity contribution in [2.75, 3.05) is 6.54 Å². The van der Waals surface area contributed by atoms with Gasteiger partial charge in [0, 0.05) is 35.8 Å². The summed E-state index contributed by atoms with van der Waals surface area (Å²) < 4.78 is 0. The second kappa shape index (κ2) is 6.14. The summed E-state index contributed by atoms with van der Waals surface area (Å²) in [6.45, 7) is 1.09. The van der Waals surface area contributed by atoms with E-state index in [1.807, 2.05) is 30.5 Å². The van der Waals surface area contributed by atoms with Crippen LogP contribution in [0, 0.1) is 0 Å². The summed E-state index contributed by atoms with van der Waals surface area (Å²) in [6, 6.07) is 8.47. The Hall–Kier alpha value is -1.74. The van der Waals surface area contributed by atoms with E-state index in [1.165, 1.54) is 19.3 Å². The third-order valence-electron chi connectivity index (χ3n) is 4.10. The lowest BCUT2D eigenvalue weighted by atomic mass is 9.96. The van der Waals surface area contributed by atoms with E-state index in [0.29, 0.717) is 12.5 Å². The number of benzene rings is 1. The van der Waals surface area contributed by atoms with Crippen molar-refractivity contribution in [1.29, 1.82) is 0 Å². The molecule has 1 saturated heterocycles. The Morgan fingerprint density at radius 3 is 3.00 bits per heavy atom. The molecule has 1 aliphatic heterocycles. The number of nitrogens with zero attached hydrogens (tertiary/aromatic N) is 1. The van der Waals surface area contributed by atoms with Crippen LogP contribution in [0.25, 0.3) is 10.8 Å². The molecule has 1 aromatic heterocycles. The maximum Gasteiger partial charge on any atom is 0.165 e. The minimum Gasteiger partial charge on any atom is -0.314 e. The largest absolute Gasteiger partial charge is 0.314 e. The number of carbonyl (C=O) groups is 1. The SMILES string of the molecule is O=C(CCC1CCCCN1)c1cncc2ccccc12. The first kappa shape index (κ1) is 13.3. The van der Waals surface area contributed by atoms with Gasteiger partial charge in [0.1, 0.15) is 0 Å². The van der Waals surface area contributed by atoms with Crippen LogP contribution < -0.4 is 5.32 Å². The third kappa shape index (κ3) is 2.88. The number of ketones is 1. The maximum absolute atomic E-state index is 12.4. The summed E-state index contributed by atoms with van der Waals surface area (Å²) >= 11 is 0. The zero-order chi connectivity index (χ0) is 13.8. The molecule has 1 atom stereocenters. The molecule has 20 heavy (non-hydrogen) atoms. The summed E-state index contributed by atoms with van der Waals surface area (Å²) in [7, 11) is 0. The van der Waals surface area contributed by atoms with Crippen LogP contribution in [-0.4, -0.2) is 23.4 Å². The van der Waals surface area contributed by atoms with Gasteiger partial charge < -0.3 is 5.32 Å². The highest BCUT2D eigenvalue weighted by Gasteiger charge is 2.16. The number of nitrogens with one attached hydrogen (secondary N) is 1. The molecule has 3 rings (SSSR count). The summed E-state index contributed by atoms with van der Waals surface area (Å²) in [4.78, 5) is 16.6. The standard InChI is InChI=1S/C17H20N2O/c20-17(9-8-14-6-3-4-10-19-14)16-12-18-11-13-5-1-2-7-15(13)16/h1-2,5,7,11-12,14,19H,3-4,6,8-10H2. The Morgan fingerprint density at radius 2 is 2.15 bits per heavy atom. The lowest BCUT2D eigenvalue weighted by Crippen LogP contribution is -2.34. The van der Waals surface area contributed by atoms with Gasteiger partial charge in [0.2, 0.25) is 0 Å². The number of Topliss-reactive ketones (excluding diaryl/α,β-unsaturated/α-hetero) is 1. The minimum absolute atomic E-state index is 0.210. The van der Waals surface area contributed by atoms with Gasteiger partial charge in [-0.25, -0.2) is 0 Å². The Kier molecular flexibility index (Phi) is 4.07. The van der Waals surface area contributed by atoms with Crippen LogP contribution >= 0.6 is 0 Å². The molecule has 104 valence electrons. The second-order valence-electron chi connectivity index (χ2n) is 5.52. The molecule has 0 saturated carbocycles. The number of piperidine rings is 1. The maximum atomic E-state index is 12.4. The van der Waals surface area contributed by atoms with E-state index in [-0.39, 0.29) is 5.78 Å². The van der Waals surface area contributed by atoms with Crippen LogP contribution in [0.3, 0.4) is 0 Å². The van der Waals surface area contributed by atoms with E-state index < -0.39 is 0 Å². The molecule has 1 unspecified atom stereocenters. The van der Waals surface area contributed by atoms with Gasteiger partial charge in [0.05, 0.1) is 0 Å². The van der Waals surface area contributed by atoms with Gasteiger partial charge in [-0.15, -0.1) is 0 Å². The fourth-order valence-electron chi connectivity index (χ4n) is 2.95. The summed E-state index contributed by atoms with van der Waals surface area (Å²) in [5.41, 5.74) is 0.763. The number of pyridine rings is 1. The van der Waals surface area contributed by atoms with Crippen molar-refractivity contribution in [3.8, 4) is 0 Å². The minimum atomic E-state index is 0.210. The molecule has 3 heteroatoms. The zero-order valence-electron chi connectivity index (χ0n) is 11.6. The average Bonchev–Trinajstić information content (AvgIpc) is 2.53. The van der Waals surface area contributed by atoms with Gasteiger partial charge in [-0.2, -0.15) is 0 Å². The topological polar surface area (TPSA) is 42.0 Å². The van der Waals surface area contributed by atoms with Crippen LogP contribution in [0.15, 0.2) is 36.7 Å². The van der Waals surface area contributed by atoms with Gasteiger partial charge >= 0.3 is 0 Å². The van der Waals surface area contributed by atoms with Gasteiger partial charge in [-0.1, -0.05) is 30.7 Å². The highest BCUT2D eigenvalue weighted by atomic mass is 16.1. The highest BCUT2D eigenvalue weighted by molar-refractivity contribution is 6.07. The van der Waals surface area contributed by atoms with Crippen molar-refractivity contribution in [3.05, 3.63) is 42.2 Å². The molecule has 0 aliphatic carbocycles. The van der Waals surface area contributed by atoms with Crippen molar-refractivity contribution in [2.45, 2.75) is 38.1 Å². The molecule has 1 aliphatic rings. The second-order valence-corrected chi connectivity index (χ2v) is 5.52. The number of hydrogen-bond donors (Lipinski definition) is 1. The molecule has 1 fully saturated rings. The predicted octanol–water partition coefficient (Wildman–Crippen LogP) is 3.34. The lowest BCUT2D eigenvalue weighted by Gasteiger charge is -2.23. The first-order valence-corrected chi connectivity index (χ1v) is 7.44. The molecule has 2 aromatic rings. The molecule has 3 nitrogen and oxygen atoms in total. The molecule has 0 spiro atoms. The predicted molar refractivity (Wildman–Crippen MR) is 80.9 cm³/mol. The molecule has 2 heterocycles. The number of aromatic nitrogens is 1. The molecule has 1 aromatic carbocycles. The fourth-order valence-corrected chi connectivity index (χ4v) is 2.95. The van der Waals surface area contributed by atoms with E-state index in [4.69, 9.17) is 0 Å². The van der Waals surface area contributed by atoms with Crippen molar-refractivity contribution in [2.24, 2.45) is 0 Å². The number of fused-ring (bicyclic) bond motifs is 1. The Bertz CT molecular complexity index is 597. The number of hydrogen-bond acceptors (Lipinski definition) is 3. The number of carbonyl (C=O) groups excluding carboxylic acids is 1. The Morgan fingerprint density at radius 1 is 1.25 bits per heavy atom. The summed E-state index contributed by atoms with van der Waals surface area (Å²) in [5, 5.41) is 5.55. The Labute approximate surface area is 119 Å². The van der Waals surface area contributed by atoms with Gasteiger partial charge in [-0.05, 0) is 31.2 Å². The lowest BCUT2D eigenvalue weighted by molar-refractivity contribution is 0.0975. The van der Waals surface area contributed by atoms with Crippen LogP contribution in [-0.2, 0) is 0 Å². The molecule has 1 N–H and O–H groups in total. The third-order valence-corrected chi connectivity index (χ3v) is 4.10. The van der Waals surface area contributed by atoms with E-state index in [0.717, 1.165) is 29.3 Å². The monoisotopic (exact) mass is 268 g/mol. The average molecular weight is 268 g/mol. The van der Waals surface area contributed by atoms with E-state index in [2.05, 4.69) is 10.3 Å². The summed E-state index contributed by atoms with van der Waals surface area (Å²) in [5.74, 6) is 0.210. The van der Waals surface area contributed by atoms with Crippen LogP contribution in [0.2, 0.25) is 0 Å². The molecule has 0 amide bonds. The first-order valence-electron chi connectivity index (χ1n) is 7.44. The number of rotatable bonds is 4. The van der Waals surface area contributed by atoms with Crippen molar-refractivity contribution in [1.82, 2.24) is 10.3 Å². The smallest absolute Gasteiger partial charge is 0.165 e. The zero-order valence-corrected chi connectivity index (χ0v) is 11.6. The molecule has 0 bridgehead atoms. The normalized spacial score (nSPS) is 19.1. The summed E-state index contributed by atoms with van der Waals surface area (Å²) in [6.07, 6.45) is 8.80. The van der Waals surface area contributed by atoms with Gasteiger partial charge in [0.15, 0.2) is 5.78 Å². The van der Waals surface area contributed by atoms with Crippen LogP contribution in [0.5, 0.6) is 0 Å².